The monoisotopic (exact) mass is 304 g/mol. The molecule has 1 aliphatic rings. The largest absolute Gasteiger partial charge is 0.490 e. The minimum Gasteiger partial charge on any atom is -0.490 e. The summed E-state index contributed by atoms with van der Waals surface area (Å²) in [7, 11) is 1.44. The molecule has 1 aromatic heterocycles. The molecule has 1 heterocycles. The molecule has 0 unspecified atom stereocenters. The van der Waals surface area contributed by atoms with Crippen molar-refractivity contribution in [2.45, 2.75) is 25.8 Å². The van der Waals surface area contributed by atoms with Gasteiger partial charge in [-0.3, -0.25) is 10.1 Å². The second-order valence-electron chi connectivity index (χ2n) is 4.98. The van der Waals surface area contributed by atoms with Gasteiger partial charge in [0.15, 0.2) is 5.75 Å². The van der Waals surface area contributed by atoms with E-state index in [-0.39, 0.29) is 11.4 Å². The first-order chi connectivity index (χ1) is 10.2. The Balaban J connectivity index is 1.79. The fraction of sp³-hybridized carbons (Fsp3) is 0.333. The summed E-state index contributed by atoms with van der Waals surface area (Å²) < 4.78 is 5.07. The van der Waals surface area contributed by atoms with Gasteiger partial charge in [0.05, 0.1) is 12.0 Å². The molecule has 1 N–H and O–H groups in total. The maximum Gasteiger partial charge on any atom is 0.333 e. The molecule has 2 aromatic rings. The van der Waals surface area contributed by atoms with Crippen LogP contribution in [0.1, 0.15) is 21.7 Å². The van der Waals surface area contributed by atoms with Crippen LogP contribution in [0, 0.1) is 10.1 Å². The molecule has 0 aliphatic heterocycles. The average Bonchev–Trinajstić information content (AvgIpc) is 3.05. The smallest absolute Gasteiger partial charge is 0.333 e. The van der Waals surface area contributed by atoms with Crippen molar-refractivity contribution < 1.29 is 9.66 Å². The molecule has 0 radical (unpaired) electrons. The molecule has 6 heteroatoms. The number of anilines is 1. The number of aryl methyl sites for hydroxylation is 2. The van der Waals surface area contributed by atoms with E-state index >= 15 is 0 Å². The topological polar surface area (TPSA) is 64.4 Å². The number of nitrogens with zero attached hydrogens (tertiary/aromatic N) is 1. The van der Waals surface area contributed by atoms with E-state index in [9.17, 15) is 10.1 Å². The van der Waals surface area contributed by atoms with Crippen molar-refractivity contribution in [2.24, 2.45) is 0 Å². The van der Waals surface area contributed by atoms with E-state index < -0.39 is 4.92 Å². The van der Waals surface area contributed by atoms with Gasteiger partial charge < -0.3 is 10.1 Å². The molecule has 110 valence electrons. The Morgan fingerprint density at radius 1 is 1.43 bits per heavy atom. The highest BCUT2D eigenvalue weighted by Gasteiger charge is 2.21. The minimum atomic E-state index is -0.407. The lowest BCUT2D eigenvalue weighted by atomic mass is 10.2. The molecule has 0 fully saturated rings. The Kier molecular flexibility index (Phi) is 3.79. The van der Waals surface area contributed by atoms with E-state index in [4.69, 9.17) is 4.74 Å². The molecule has 1 aromatic carbocycles. The van der Waals surface area contributed by atoms with E-state index in [0.29, 0.717) is 12.2 Å². The number of fused-ring (bicyclic) bond motifs is 1. The summed E-state index contributed by atoms with van der Waals surface area (Å²) in [6.07, 6.45) is 3.57. The number of rotatable bonds is 5. The first kappa shape index (κ1) is 13.9. The zero-order valence-electron chi connectivity index (χ0n) is 11.7. The van der Waals surface area contributed by atoms with Crippen molar-refractivity contribution >= 4 is 22.7 Å². The fourth-order valence-corrected chi connectivity index (χ4v) is 3.88. The number of hydrogen-bond donors (Lipinski definition) is 1. The average molecular weight is 304 g/mol. The third-order valence-electron chi connectivity index (χ3n) is 3.65. The summed E-state index contributed by atoms with van der Waals surface area (Å²) in [4.78, 5) is 13.5. The molecule has 1 aliphatic carbocycles. The third-order valence-corrected chi connectivity index (χ3v) is 4.89. The van der Waals surface area contributed by atoms with Crippen molar-refractivity contribution in [3.05, 3.63) is 49.7 Å². The van der Waals surface area contributed by atoms with Crippen molar-refractivity contribution in [1.29, 1.82) is 0 Å². The molecule has 3 rings (SSSR count). The molecular formula is C15H16N2O3S. The van der Waals surface area contributed by atoms with Crippen LogP contribution >= 0.6 is 11.3 Å². The van der Waals surface area contributed by atoms with Crippen LogP contribution in [0.2, 0.25) is 0 Å². The second kappa shape index (κ2) is 5.73. The zero-order chi connectivity index (χ0) is 14.8. The van der Waals surface area contributed by atoms with Crippen molar-refractivity contribution in [3.8, 4) is 5.75 Å². The van der Waals surface area contributed by atoms with Crippen LogP contribution in [0.5, 0.6) is 5.75 Å². The quantitative estimate of drug-likeness (QED) is 0.674. The van der Waals surface area contributed by atoms with Gasteiger partial charge in [-0.2, -0.15) is 0 Å². The van der Waals surface area contributed by atoms with Crippen LogP contribution in [0.25, 0.3) is 0 Å². The van der Waals surface area contributed by atoms with Crippen LogP contribution in [0.4, 0.5) is 11.4 Å². The maximum atomic E-state index is 11.2. The standard InChI is InChI=1S/C15H16N2O3S/c1-20-13-6-3-5-12(15(13)17(18)19)16-9-11-8-10-4-2-7-14(10)21-11/h3,5-6,8,16H,2,4,7,9H2,1H3. The Morgan fingerprint density at radius 3 is 3.00 bits per heavy atom. The van der Waals surface area contributed by atoms with Crippen LogP contribution in [0.15, 0.2) is 24.3 Å². The van der Waals surface area contributed by atoms with Gasteiger partial charge in [0.1, 0.15) is 5.69 Å². The summed E-state index contributed by atoms with van der Waals surface area (Å²) in [5.41, 5.74) is 1.92. The fourth-order valence-electron chi connectivity index (χ4n) is 2.68. The first-order valence-corrected chi connectivity index (χ1v) is 7.66. The number of methoxy groups -OCH3 is 1. The number of nitro benzene ring substituents is 1. The summed E-state index contributed by atoms with van der Waals surface area (Å²) in [6, 6.07) is 7.28. The number of hydrogen-bond acceptors (Lipinski definition) is 5. The highest BCUT2D eigenvalue weighted by Crippen LogP contribution is 2.36. The Labute approximate surface area is 126 Å². The highest BCUT2D eigenvalue weighted by atomic mass is 32.1. The lowest BCUT2D eigenvalue weighted by Crippen LogP contribution is -2.03. The van der Waals surface area contributed by atoms with E-state index in [1.165, 1.54) is 35.3 Å². The normalized spacial score (nSPS) is 13.0. The lowest BCUT2D eigenvalue weighted by Gasteiger charge is -2.08. The van der Waals surface area contributed by atoms with E-state index in [1.807, 2.05) is 0 Å². The number of nitro groups is 1. The second-order valence-corrected chi connectivity index (χ2v) is 6.20. The van der Waals surface area contributed by atoms with E-state index in [2.05, 4.69) is 11.4 Å². The minimum absolute atomic E-state index is 0.0101. The Hall–Kier alpha value is -2.08. The van der Waals surface area contributed by atoms with E-state index in [0.717, 1.165) is 6.42 Å². The third kappa shape index (κ3) is 2.71. The van der Waals surface area contributed by atoms with Gasteiger partial charge in [-0.25, -0.2) is 0 Å². The van der Waals surface area contributed by atoms with Crippen LogP contribution in [-0.2, 0) is 19.4 Å². The Morgan fingerprint density at radius 2 is 2.29 bits per heavy atom. The zero-order valence-corrected chi connectivity index (χ0v) is 12.5. The number of benzene rings is 1. The highest BCUT2D eigenvalue weighted by molar-refractivity contribution is 7.12. The van der Waals surface area contributed by atoms with Crippen molar-refractivity contribution in [2.75, 3.05) is 12.4 Å². The summed E-state index contributed by atoms with van der Waals surface area (Å²) in [5.74, 6) is 0.277. The number of nitrogens with one attached hydrogen (secondary N) is 1. The first-order valence-electron chi connectivity index (χ1n) is 6.84. The summed E-state index contributed by atoms with van der Waals surface area (Å²) in [6.45, 7) is 0.603. The van der Waals surface area contributed by atoms with Crippen LogP contribution < -0.4 is 10.1 Å². The van der Waals surface area contributed by atoms with Gasteiger partial charge >= 0.3 is 5.69 Å². The van der Waals surface area contributed by atoms with Crippen LogP contribution in [-0.4, -0.2) is 12.0 Å². The molecule has 0 bridgehead atoms. The van der Waals surface area contributed by atoms with Gasteiger partial charge in [0, 0.05) is 16.3 Å². The van der Waals surface area contributed by atoms with Gasteiger partial charge in [-0.15, -0.1) is 11.3 Å². The predicted octanol–water partition coefficient (Wildman–Crippen LogP) is 3.77. The summed E-state index contributed by atoms with van der Waals surface area (Å²) in [5, 5.41) is 14.4. The number of thiophene rings is 1. The molecule has 0 saturated carbocycles. The molecule has 0 spiro atoms. The Bertz CT molecular complexity index is 660. The molecule has 0 amide bonds. The van der Waals surface area contributed by atoms with Gasteiger partial charge in [-0.05, 0) is 43.0 Å². The molecule has 5 nitrogen and oxygen atoms in total. The van der Waals surface area contributed by atoms with Crippen LogP contribution in [0.3, 0.4) is 0 Å². The molecule has 0 saturated heterocycles. The predicted molar refractivity (Wildman–Crippen MR) is 83.3 cm³/mol. The molecular weight excluding hydrogens is 288 g/mol. The lowest BCUT2D eigenvalue weighted by molar-refractivity contribution is -0.384. The van der Waals surface area contributed by atoms with Gasteiger partial charge in [0.2, 0.25) is 0 Å². The van der Waals surface area contributed by atoms with Crippen molar-refractivity contribution in [3.63, 3.8) is 0 Å². The maximum absolute atomic E-state index is 11.2. The number of para-hydroxylation sites is 1. The molecule has 21 heavy (non-hydrogen) atoms. The summed E-state index contributed by atoms with van der Waals surface area (Å²) >= 11 is 1.80. The van der Waals surface area contributed by atoms with Gasteiger partial charge in [0.25, 0.3) is 0 Å². The molecule has 0 atom stereocenters. The number of ether oxygens (including phenoxy) is 1. The van der Waals surface area contributed by atoms with Gasteiger partial charge in [-0.1, -0.05) is 6.07 Å². The SMILES string of the molecule is COc1cccc(NCc2cc3c(s2)CCC3)c1[N+](=O)[O-]. The van der Waals surface area contributed by atoms with Crippen molar-refractivity contribution in [1.82, 2.24) is 0 Å². The van der Waals surface area contributed by atoms with E-state index in [1.54, 1.807) is 29.5 Å².